The Balaban J connectivity index is 2.45. The van der Waals surface area contributed by atoms with Crippen LogP contribution in [-0.2, 0) is 4.74 Å². The van der Waals surface area contributed by atoms with Gasteiger partial charge in [-0.05, 0) is 6.07 Å². The van der Waals surface area contributed by atoms with E-state index in [1.165, 1.54) is 12.1 Å². The molecule has 1 rings (SSSR count). The van der Waals surface area contributed by atoms with Gasteiger partial charge in [0.05, 0.1) is 18.5 Å². The average Bonchev–Trinajstić information content (AvgIpc) is 2.34. The van der Waals surface area contributed by atoms with Crippen molar-refractivity contribution in [1.82, 2.24) is 4.98 Å². The van der Waals surface area contributed by atoms with E-state index < -0.39 is 18.9 Å². The molecule has 1 amide bonds. The molecule has 1 aromatic heterocycles. The number of rotatable bonds is 5. The Morgan fingerprint density at radius 3 is 2.68 bits per heavy atom. The molecule has 6 nitrogen and oxygen atoms in total. The number of hydrogen-bond acceptors (Lipinski definition) is 5. The Kier molecular flexibility index (Phi) is 5.37. The van der Waals surface area contributed by atoms with Gasteiger partial charge in [0, 0.05) is 6.07 Å². The van der Waals surface area contributed by atoms with E-state index in [2.05, 4.69) is 19.8 Å². The minimum atomic E-state index is -4.44. The summed E-state index contributed by atoms with van der Waals surface area (Å²) in [5, 5.41) is 10.7. The van der Waals surface area contributed by atoms with E-state index in [1.807, 2.05) is 0 Å². The zero-order chi connectivity index (χ0) is 14.3. The molecule has 0 aliphatic rings. The van der Waals surface area contributed by atoms with Crippen LogP contribution >= 0.6 is 0 Å². The first-order valence-electron chi connectivity index (χ1n) is 5.11. The molecule has 19 heavy (non-hydrogen) atoms. The molecule has 0 atom stereocenters. The number of carbonyl (C=O) groups excluding carboxylic acids is 1. The lowest BCUT2D eigenvalue weighted by Crippen LogP contribution is -2.19. The molecule has 1 heterocycles. The molecule has 0 saturated carbocycles. The third kappa shape index (κ3) is 6.46. The maximum Gasteiger partial charge on any atom is 0.422 e. The molecule has 1 aromatic rings. The molecule has 0 aliphatic heterocycles. The van der Waals surface area contributed by atoms with Gasteiger partial charge in [-0.25, -0.2) is 9.78 Å². The Labute approximate surface area is 106 Å². The first-order chi connectivity index (χ1) is 8.90. The van der Waals surface area contributed by atoms with Crippen LogP contribution in [0.2, 0.25) is 0 Å². The van der Waals surface area contributed by atoms with E-state index in [1.54, 1.807) is 0 Å². The number of ether oxygens (including phenoxy) is 2. The second kappa shape index (κ2) is 6.78. The van der Waals surface area contributed by atoms with Crippen LogP contribution in [0.15, 0.2) is 18.3 Å². The van der Waals surface area contributed by atoms with Crippen LogP contribution in [0.3, 0.4) is 0 Å². The van der Waals surface area contributed by atoms with Gasteiger partial charge in [0.1, 0.15) is 6.61 Å². The third-order valence-corrected chi connectivity index (χ3v) is 1.69. The molecular weight excluding hydrogens is 269 g/mol. The molecular formula is C10H11F3N2O4. The number of nitrogens with zero attached hydrogens (tertiary/aromatic N) is 1. The Morgan fingerprint density at radius 1 is 1.42 bits per heavy atom. The van der Waals surface area contributed by atoms with Gasteiger partial charge in [-0.3, -0.25) is 5.32 Å². The maximum atomic E-state index is 11.9. The van der Waals surface area contributed by atoms with Gasteiger partial charge in [-0.1, -0.05) is 0 Å². The second-order valence-corrected chi connectivity index (χ2v) is 3.27. The van der Waals surface area contributed by atoms with Crippen molar-refractivity contribution in [3.63, 3.8) is 0 Å². The second-order valence-electron chi connectivity index (χ2n) is 3.27. The van der Waals surface area contributed by atoms with Crippen molar-refractivity contribution >= 4 is 11.8 Å². The van der Waals surface area contributed by atoms with Crippen molar-refractivity contribution in [3.05, 3.63) is 18.3 Å². The quantitative estimate of drug-likeness (QED) is 0.855. The Bertz CT molecular complexity index is 408. The summed E-state index contributed by atoms with van der Waals surface area (Å²) in [5.41, 5.74) is 0.224. The van der Waals surface area contributed by atoms with E-state index in [4.69, 9.17) is 5.11 Å². The van der Waals surface area contributed by atoms with E-state index in [9.17, 15) is 18.0 Å². The number of nitrogens with one attached hydrogen (secondary N) is 1. The minimum Gasteiger partial charge on any atom is -0.468 e. The van der Waals surface area contributed by atoms with Gasteiger partial charge >= 0.3 is 12.3 Å². The summed E-state index contributed by atoms with van der Waals surface area (Å²) in [6, 6.07) is 2.48. The average molecular weight is 280 g/mol. The highest BCUT2D eigenvalue weighted by molar-refractivity contribution is 5.84. The van der Waals surface area contributed by atoms with Crippen molar-refractivity contribution in [2.45, 2.75) is 6.18 Å². The van der Waals surface area contributed by atoms with Crippen LogP contribution < -0.4 is 10.1 Å². The predicted molar refractivity (Wildman–Crippen MR) is 57.8 cm³/mol. The molecule has 0 aromatic carbocycles. The fourth-order valence-electron chi connectivity index (χ4n) is 0.988. The number of aliphatic hydroxyl groups is 1. The lowest BCUT2D eigenvalue weighted by molar-refractivity contribution is -0.154. The topological polar surface area (TPSA) is 80.7 Å². The fourth-order valence-corrected chi connectivity index (χ4v) is 0.988. The maximum absolute atomic E-state index is 11.9. The third-order valence-electron chi connectivity index (χ3n) is 1.69. The SMILES string of the molecule is O=C(Nc1ccc(OCC(F)(F)F)nc1)OCCO. The monoisotopic (exact) mass is 280 g/mol. The molecule has 0 saturated heterocycles. The first-order valence-corrected chi connectivity index (χ1v) is 5.11. The Hall–Kier alpha value is -2.03. The molecule has 0 fully saturated rings. The number of hydrogen-bond donors (Lipinski definition) is 2. The summed E-state index contributed by atoms with van der Waals surface area (Å²) in [6.45, 7) is -1.91. The van der Waals surface area contributed by atoms with Gasteiger partial charge in [0.25, 0.3) is 0 Å². The van der Waals surface area contributed by atoms with Crippen molar-refractivity contribution in [3.8, 4) is 5.88 Å². The zero-order valence-corrected chi connectivity index (χ0v) is 9.61. The number of aliphatic hydroxyl groups excluding tert-OH is 1. The zero-order valence-electron chi connectivity index (χ0n) is 9.61. The van der Waals surface area contributed by atoms with Crippen LogP contribution in [0.5, 0.6) is 5.88 Å². The lowest BCUT2D eigenvalue weighted by Gasteiger charge is -2.09. The van der Waals surface area contributed by atoms with Crippen LogP contribution in [0.25, 0.3) is 0 Å². The molecule has 0 unspecified atom stereocenters. The van der Waals surface area contributed by atoms with Gasteiger partial charge < -0.3 is 14.6 Å². The smallest absolute Gasteiger partial charge is 0.422 e. The van der Waals surface area contributed by atoms with Crippen LogP contribution in [0, 0.1) is 0 Å². The van der Waals surface area contributed by atoms with Gasteiger partial charge in [0.2, 0.25) is 5.88 Å². The normalized spacial score (nSPS) is 10.9. The molecule has 0 bridgehead atoms. The molecule has 9 heteroatoms. The van der Waals surface area contributed by atoms with Crippen LogP contribution in [-0.4, -0.2) is 42.2 Å². The summed E-state index contributed by atoms with van der Waals surface area (Å²) < 4.78 is 44.5. The first kappa shape index (κ1) is 15.0. The number of aromatic nitrogens is 1. The minimum absolute atomic E-state index is 0.161. The molecule has 106 valence electrons. The van der Waals surface area contributed by atoms with Crippen LogP contribution in [0.1, 0.15) is 0 Å². The molecule has 0 radical (unpaired) electrons. The molecule has 0 spiro atoms. The fraction of sp³-hybridized carbons (Fsp3) is 0.400. The number of alkyl halides is 3. The Morgan fingerprint density at radius 2 is 2.16 bits per heavy atom. The van der Waals surface area contributed by atoms with Gasteiger partial charge in [-0.15, -0.1) is 0 Å². The molecule has 0 aliphatic carbocycles. The summed E-state index contributed by atoms with van der Waals surface area (Å²) >= 11 is 0. The van der Waals surface area contributed by atoms with Crippen molar-refractivity contribution in [2.24, 2.45) is 0 Å². The van der Waals surface area contributed by atoms with Gasteiger partial charge in [-0.2, -0.15) is 13.2 Å². The van der Waals surface area contributed by atoms with Crippen molar-refractivity contribution in [2.75, 3.05) is 25.1 Å². The number of halogens is 3. The highest BCUT2D eigenvalue weighted by atomic mass is 19.4. The summed E-state index contributed by atoms with van der Waals surface area (Å²) in [6.07, 6.45) is -4.13. The van der Waals surface area contributed by atoms with E-state index in [0.717, 1.165) is 6.20 Å². The number of carbonyl (C=O) groups is 1. The predicted octanol–water partition coefficient (Wildman–Crippen LogP) is 1.56. The number of anilines is 1. The summed E-state index contributed by atoms with van der Waals surface area (Å²) in [5.74, 6) is -0.216. The largest absolute Gasteiger partial charge is 0.468 e. The van der Waals surface area contributed by atoms with Crippen molar-refractivity contribution in [1.29, 1.82) is 0 Å². The molecule has 2 N–H and O–H groups in total. The van der Waals surface area contributed by atoms with E-state index in [-0.39, 0.29) is 24.8 Å². The van der Waals surface area contributed by atoms with E-state index in [0.29, 0.717) is 0 Å². The summed E-state index contributed by atoms with van der Waals surface area (Å²) in [7, 11) is 0. The summed E-state index contributed by atoms with van der Waals surface area (Å²) in [4.78, 5) is 14.6. The van der Waals surface area contributed by atoms with Crippen molar-refractivity contribution < 1.29 is 32.5 Å². The standard InChI is InChI=1S/C10H11F3N2O4/c11-10(12,13)6-19-8-2-1-7(5-14-8)15-9(17)18-4-3-16/h1-2,5,16H,3-4,6H2,(H,15,17). The van der Waals surface area contributed by atoms with E-state index >= 15 is 0 Å². The lowest BCUT2D eigenvalue weighted by atomic mass is 10.4. The number of pyridine rings is 1. The number of amides is 1. The highest BCUT2D eigenvalue weighted by Crippen LogP contribution is 2.18. The van der Waals surface area contributed by atoms with Gasteiger partial charge in [0.15, 0.2) is 6.61 Å². The van der Waals surface area contributed by atoms with Crippen LogP contribution in [0.4, 0.5) is 23.7 Å². The highest BCUT2D eigenvalue weighted by Gasteiger charge is 2.28.